The van der Waals surface area contributed by atoms with Crippen molar-refractivity contribution >= 4 is 27.4 Å². The third-order valence-electron chi connectivity index (χ3n) is 6.03. The Hall–Kier alpha value is -3.12. The summed E-state index contributed by atoms with van der Waals surface area (Å²) in [6, 6.07) is 7.65. The van der Waals surface area contributed by atoms with Crippen LogP contribution < -0.4 is 5.32 Å². The van der Waals surface area contributed by atoms with Crippen molar-refractivity contribution in [2.45, 2.75) is 51.3 Å². The number of nitrogens with zero attached hydrogens (tertiary/aromatic N) is 3. The third-order valence-corrected chi connectivity index (χ3v) is 7.71. The summed E-state index contributed by atoms with van der Waals surface area (Å²) in [6.45, 7) is 5.16. The molecule has 0 spiro atoms. The fourth-order valence-electron chi connectivity index (χ4n) is 4.07. The lowest BCUT2D eigenvalue weighted by Gasteiger charge is -2.28. The molecule has 1 aliphatic heterocycles. The number of nitrogens with one attached hydrogen (secondary N) is 1. The van der Waals surface area contributed by atoms with E-state index in [4.69, 9.17) is 9.15 Å². The highest BCUT2D eigenvalue weighted by Crippen LogP contribution is 2.17. The molecule has 37 heavy (non-hydrogen) atoms. The van der Waals surface area contributed by atoms with Crippen LogP contribution in [0.3, 0.4) is 0 Å². The maximum absolute atomic E-state index is 13.4. The number of morpholine rings is 1. The highest BCUT2D eigenvalue weighted by atomic mass is 32.2. The molecule has 1 N–H and O–H groups in total. The molecule has 1 aliphatic rings. The lowest BCUT2D eigenvalue weighted by atomic mass is 10.0. The third kappa shape index (κ3) is 8.46. The Bertz CT molecular complexity index is 1160. The molecular formula is C25H34N4O7S. The number of ether oxygens (including phenoxy) is 1. The number of sulfone groups is 1. The zero-order valence-electron chi connectivity index (χ0n) is 21.2. The predicted octanol–water partition coefficient (Wildman–Crippen LogP) is 1.58. The summed E-state index contributed by atoms with van der Waals surface area (Å²) in [4.78, 5) is 40.9. The van der Waals surface area contributed by atoms with Crippen molar-refractivity contribution in [3.05, 3.63) is 47.7 Å². The van der Waals surface area contributed by atoms with E-state index < -0.39 is 39.2 Å². The van der Waals surface area contributed by atoms with Crippen LogP contribution in [0.15, 0.2) is 34.7 Å². The number of aryl methyl sites for hydroxylation is 1. The van der Waals surface area contributed by atoms with Gasteiger partial charge in [-0.15, -0.1) is 10.2 Å². The highest BCUT2D eigenvalue weighted by molar-refractivity contribution is 7.90. The Morgan fingerprint density at radius 3 is 2.41 bits per heavy atom. The van der Waals surface area contributed by atoms with Crippen LogP contribution in [0, 0.1) is 5.92 Å². The van der Waals surface area contributed by atoms with Gasteiger partial charge in [-0.05, 0) is 12.0 Å². The van der Waals surface area contributed by atoms with Gasteiger partial charge in [0.2, 0.25) is 23.5 Å². The van der Waals surface area contributed by atoms with Gasteiger partial charge in [0.25, 0.3) is 5.89 Å². The van der Waals surface area contributed by atoms with Crippen LogP contribution in [-0.2, 0) is 36.3 Å². The molecule has 1 aromatic heterocycles. The molecule has 1 fully saturated rings. The fourth-order valence-corrected chi connectivity index (χ4v) is 5.77. The molecule has 1 aromatic carbocycles. The quantitative estimate of drug-likeness (QED) is 0.378. The minimum absolute atomic E-state index is 0.215. The number of hydrogen-bond donors (Lipinski definition) is 1. The summed E-state index contributed by atoms with van der Waals surface area (Å²) < 4.78 is 36.7. The van der Waals surface area contributed by atoms with Gasteiger partial charge in [-0.3, -0.25) is 14.4 Å². The Morgan fingerprint density at radius 2 is 1.78 bits per heavy atom. The number of benzene rings is 1. The number of rotatable bonds is 13. The van der Waals surface area contributed by atoms with Crippen LogP contribution in [-0.4, -0.2) is 79.2 Å². The maximum atomic E-state index is 13.4. The molecule has 1 saturated heterocycles. The standard InChI is InChI=1S/C25H34N4O7S/c1-3-8-20(23(31)25-28-27-21(4-2)36-25)26-24(32)19(15-22(30)29-11-13-35-14-12-29)17-37(33,34)16-18-9-6-5-7-10-18/h5-7,9-10,19-20H,3-4,8,11-17H2,1-2H3,(H,26,32)/t19?,20-/m0/s1. The van der Waals surface area contributed by atoms with E-state index in [9.17, 15) is 22.8 Å². The molecule has 2 heterocycles. The largest absolute Gasteiger partial charge is 0.418 e. The van der Waals surface area contributed by atoms with Gasteiger partial charge in [0.1, 0.15) is 0 Å². The van der Waals surface area contributed by atoms with E-state index in [1.165, 1.54) is 0 Å². The second-order valence-corrected chi connectivity index (χ2v) is 11.1. The topological polar surface area (TPSA) is 149 Å². The van der Waals surface area contributed by atoms with Crippen molar-refractivity contribution < 1.29 is 32.0 Å². The van der Waals surface area contributed by atoms with Crippen LogP contribution >= 0.6 is 0 Å². The van der Waals surface area contributed by atoms with E-state index in [0.717, 1.165) is 0 Å². The van der Waals surface area contributed by atoms with E-state index in [1.807, 2.05) is 6.92 Å². The molecule has 2 amide bonds. The van der Waals surface area contributed by atoms with Gasteiger partial charge < -0.3 is 19.4 Å². The van der Waals surface area contributed by atoms with Crippen LogP contribution in [0.5, 0.6) is 0 Å². The summed E-state index contributed by atoms with van der Waals surface area (Å²) in [5, 5.41) is 10.2. The smallest absolute Gasteiger partial charge is 0.286 e. The van der Waals surface area contributed by atoms with E-state index >= 15 is 0 Å². The zero-order valence-corrected chi connectivity index (χ0v) is 22.0. The summed E-state index contributed by atoms with van der Waals surface area (Å²) >= 11 is 0. The second kappa shape index (κ2) is 13.4. The van der Waals surface area contributed by atoms with E-state index in [1.54, 1.807) is 42.2 Å². The van der Waals surface area contributed by atoms with Gasteiger partial charge in [0.15, 0.2) is 9.84 Å². The second-order valence-electron chi connectivity index (χ2n) is 9.00. The van der Waals surface area contributed by atoms with E-state index in [2.05, 4.69) is 15.5 Å². The molecule has 0 radical (unpaired) electrons. The molecule has 202 valence electrons. The number of carbonyl (C=O) groups is 3. The van der Waals surface area contributed by atoms with Crippen LogP contribution in [0.4, 0.5) is 0 Å². The minimum Gasteiger partial charge on any atom is -0.418 e. The summed E-state index contributed by atoms with van der Waals surface area (Å²) in [7, 11) is -3.76. The van der Waals surface area contributed by atoms with Crippen LogP contribution in [0.25, 0.3) is 0 Å². The average Bonchev–Trinajstić information content (AvgIpc) is 3.37. The van der Waals surface area contributed by atoms with Crippen molar-refractivity contribution in [1.82, 2.24) is 20.4 Å². The Kier molecular flexibility index (Phi) is 10.3. The van der Waals surface area contributed by atoms with Crippen molar-refractivity contribution in [2.24, 2.45) is 5.92 Å². The van der Waals surface area contributed by atoms with Gasteiger partial charge in [-0.1, -0.05) is 50.6 Å². The number of aromatic nitrogens is 2. The van der Waals surface area contributed by atoms with Crippen molar-refractivity contribution in [3.63, 3.8) is 0 Å². The van der Waals surface area contributed by atoms with Crippen molar-refractivity contribution in [1.29, 1.82) is 0 Å². The number of Topliss-reactive ketones (excluding diaryl/α,β-unsaturated/α-hetero) is 1. The number of ketones is 1. The van der Waals surface area contributed by atoms with Gasteiger partial charge in [0, 0.05) is 25.9 Å². The number of hydrogen-bond acceptors (Lipinski definition) is 9. The summed E-state index contributed by atoms with van der Waals surface area (Å²) in [5.74, 6) is -3.45. The molecule has 3 rings (SSSR count). The molecule has 12 heteroatoms. The molecule has 2 aromatic rings. The first-order chi connectivity index (χ1) is 17.7. The molecule has 11 nitrogen and oxygen atoms in total. The molecule has 1 unspecified atom stereocenters. The molecule has 0 bridgehead atoms. The van der Waals surface area contributed by atoms with Gasteiger partial charge in [-0.25, -0.2) is 8.42 Å². The molecule has 0 aliphatic carbocycles. The Labute approximate surface area is 216 Å². The summed E-state index contributed by atoms with van der Waals surface area (Å²) in [6.07, 6.45) is 1.01. The Balaban J connectivity index is 1.78. The van der Waals surface area contributed by atoms with Gasteiger partial charge >= 0.3 is 0 Å². The first kappa shape index (κ1) is 28.5. The summed E-state index contributed by atoms with van der Waals surface area (Å²) in [5.41, 5.74) is 0.586. The first-order valence-corrected chi connectivity index (χ1v) is 14.3. The minimum atomic E-state index is -3.76. The fraction of sp³-hybridized carbons (Fsp3) is 0.560. The van der Waals surface area contributed by atoms with Crippen LogP contribution in [0.1, 0.15) is 55.2 Å². The molecule has 0 saturated carbocycles. The maximum Gasteiger partial charge on any atom is 0.286 e. The normalized spacial score (nSPS) is 15.7. The monoisotopic (exact) mass is 534 g/mol. The number of carbonyl (C=O) groups excluding carboxylic acids is 3. The average molecular weight is 535 g/mol. The van der Waals surface area contributed by atoms with Gasteiger partial charge in [0.05, 0.1) is 36.7 Å². The SMILES string of the molecule is CCC[C@H](NC(=O)C(CC(=O)N1CCOCC1)CS(=O)(=O)Cc1ccccc1)C(=O)c1nnc(CC)o1. The number of amides is 2. The van der Waals surface area contributed by atoms with Crippen molar-refractivity contribution in [3.8, 4) is 0 Å². The molecule has 2 atom stereocenters. The lowest BCUT2D eigenvalue weighted by Crippen LogP contribution is -2.47. The van der Waals surface area contributed by atoms with E-state index in [-0.39, 0.29) is 30.4 Å². The molecular weight excluding hydrogens is 500 g/mol. The first-order valence-electron chi connectivity index (χ1n) is 12.5. The zero-order chi connectivity index (χ0) is 26.8. The van der Waals surface area contributed by atoms with Crippen molar-refractivity contribution in [2.75, 3.05) is 32.1 Å². The van der Waals surface area contributed by atoms with Crippen LogP contribution in [0.2, 0.25) is 0 Å². The lowest BCUT2D eigenvalue weighted by molar-refractivity contribution is -0.139. The Morgan fingerprint density at radius 1 is 1.08 bits per heavy atom. The highest BCUT2D eigenvalue weighted by Gasteiger charge is 2.34. The predicted molar refractivity (Wildman–Crippen MR) is 134 cm³/mol. The van der Waals surface area contributed by atoms with E-state index in [0.29, 0.717) is 50.6 Å². The van der Waals surface area contributed by atoms with Gasteiger partial charge in [-0.2, -0.15) is 0 Å².